The number of rotatable bonds is 0. The van der Waals surface area contributed by atoms with Gasteiger partial charge < -0.3 is 0 Å². The second-order valence-corrected chi connectivity index (χ2v) is 8.53. The summed E-state index contributed by atoms with van der Waals surface area (Å²) in [6, 6.07) is 0. The second kappa shape index (κ2) is 4.55. The van der Waals surface area contributed by atoms with Crippen molar-refractivity contribution in [2.75, 3.05) is 0 Å². The minimum absolute atomic E-state index is 0.0395. The van der Waals surface area contributed by atoms with E-state index in [0.717, 1.165) is 44.1 Å². The Balaban J connectivity index is 1.78. The fourth-order valence-corrected chi connectivity index (χ4v) is 6.35. The maximum atomic E-state index is 12.4. The van der Waals surface area contributed by atoms with Crippen LogP contribution in [0.2, 0.25) is 0 Å². The molecule has 0 heterocycles. The molecule has 2 nitrogen and oxygen atoms in total. The molecule has 0 N–H and O–H groups in total. The number of ketones is 2. The van der Waals surface area contributed by atoms with Crippen LogP contribution in [-0.4, -0.2) is 11.6 Å². The first-order valence-corrected chi connectivity index (χ1v) is 8.97. The van der Waals surface area contributed by atoms with E-state index in [9.17, 15) is 9.59 Å². The summed E-state index contributed by atoms with van der Waals surface area (Å²) < 4.78 is 0. The minimum atomic E-state index is -0.124. The average Bonchev–Trinajstić information content (AvgIpc) is 2.83. The van der Waals surface area contributed by atoms with Crippen LogP contribution in [-0.2, 0) is 9.59 Å². The van der Waals surface area contributed by atoms with Gasteiger partial charge in [-0.1, -0.05) is 32.6 Å². The van der Waals surface area contributed by atoms with Gasteiger partial charge in [0.1, 0.15) is 5.78 Å². The van der Waals surface area contributed by atoms with Gasteiger partial charge in [0.2, 0.25) is 0 Å². The summed E-state index contributed by atoms with van der Waals surface area (Å²) in [6.07, 6.45) is 7.80. The third kappa shape index (κ3) is 1.70. The van der Waals surface area contributed by atoms with Crippen LogP contribution < -0.4 is 0 Å². The van der Waals surface area contributed by atoms with Crippen LogP contribution in [0.15, 0.2) is 36.0 Å². The van der Waals surface area contributed by atoms with Gasteiger partial charge in [-0.25, -0.2) is 0 Å². The number of Topliss-reactive ketones (excluding diaryl/α,β-unsaturated/α-hetero) is 1. The van der Waals surface area contributed by atoms with E-state index >= 15 is 0 Å². The van der Waals surface area contributed by atoms with Crippen molar-refractivity contribution < 1.29 is 9.59 Å². The number of hydrogen-bond acceptors (Lipinski definition) is 2. The van der Waals surface area contributed by atoms with E-state index in [0.29, 0.717) is 29.1 Å². The molecule has 0 bridgehead atoms. The summed E-state index contributed by atoms with van der Waals surface area (Å²) in [5, 5.41) is 0. The van der Waals surface area contributed by atoms with Crippen molar-refractivity contribution in [3.05, 3.63) is 36.0 Å². The van der Waals surface area contributed by atoms with Crippen molar-refractivity contribution in [2.45, 2.75) is 52.4 Å². The summed E-state index contributed by atoms with van der Waals surface area (Å²) in [5.74, 6) is 2.13. The SMILES string of the molecule is C=C1C(=C)[C@@]2(C)C(=CC1=O)CC[C@@H]1[C@H]2CC[C@]2(C)C(=O)CC[C@@H]12. The quantitative estimate of drug-likeness (QED) is 0.621. The fraction of sp³-hybridized carbons (Fsp3) is 0.619. The molecule has 2 heteroatoms. The van der Waals surface area contributed by atoms with Crippen molar-refractivity contribution >= 4 is 11.6 Å². The lowest BCUT2D eigenvalue weighted by atomic mass is 9.46. The normalized spacial score (nSPS) is 46.2. The minimum Gasteiger partial charge on any atom is -0.299 e. The van der Waals surface area contributed by atoms with E-state index in [1.165, 1.54) is 5.57 Å². The van der Waals surface area contributed by atoms with Crippen LogP contribution in [0, 0.1) is 28.6 Å². The molecule has 0 aromatic carbocycles. The summed E-state index contributed by atoms with van der Waals surface area (Å²) in [4.78, 5) is 24.6. The molecule has 0 radical (unpaired) electrons. The molecule has 23 heavy (non-hydrogen) atoms. The molecule has 4 aliphatic rings. The van der Waals surface area contributed by atoms with Gasteiger partial charge in [0.25, 0.3) is 0 Å². The van der Waals surface area contributed by atoms with Gasteiger partial charge in [0.15, 0.2) is 5.78 Å². The highest BCUT2D eigenvalue weighted by atomic mass is 16.1. The van der Waals surface area contributed by atoms with Gasteiger partial charge in [-0.05, 0) is 61.5 Å². The van der Waals surface area contributed by atoms with Gasteiger partial charge in [-0.15, -0.1) is 0 Å². The Hall–Kier alpha value is -1.44. The zero-order valence-electron chi connectivity index (χ0n) is 14.3. The monoisotopic (exact) mass is 310 g/mol. The van der Waals surface area contributed by atoms with E-state index in [2.05, 4.69) is 27.0 Å². The maximum Gasteiger partial charge on any atom is 0.185 e. The molecular weight excluding hydrogens is 284 g/mol. The second-order valence-electron chi connectivity index (χ2n) is 8.53. The van der Waals surface area contributed by atoms with E-state index < -0.39 is 0 Å². The van der Waals surface area contributed by atoms with Crippen LogP contribution >= 0.6 is 0 Å². The first-order chi connectivity index (χ1) is 10.8. The number of carbonyl (C=O) groups excluding carboxylic acids is 2. The molecule has 0 aliphatic heterocycles. The first-order valence-electron chi connectivity index (χ1n) is 8.97. The summed E-state index contributed by atoms with van der Waals surface area (Å²) in [6.45, 7) is 12.8. The molecule has 4 rings (SSSR count). The Morgan fingerprint density at radius 2 is 1.78 bits per heavy atom. The van der Waals surface area contributed by atoms with Gasteiger partial charge in [-0.3, -0.25) is 9.59 Å². The molecular formula is C21H26O2. The van der Waals surface area contributed by atoms with Gasteiger partial charge in [0, 0.05) is 22.8 Å². The van der Waals surface area contributed by atoms with Crippen molar-refractivity contribution in [3.63, 3.8) is 0 Å². The Morgan fingerprint density at radius 3 is 2.52 bits per heavy atom. The van der Waals surface area contributed by atoms with Crippen molar-refractivity contribution in [2.24, 2.45) is 28.6 Å². The zero-order valence-corrected chi connectivity index (χ0v) is 14.3. The van der Waals surface area contributed by atoms with Gasteiger partial charge >= 0.3 is 0 Å². The standard InChI is InChI=1S/C21H26O2/c1-12-13(2)21(4)14(11-18(12)22)5-6-15-16-7-8-19(23)20(16,3)10-9-17(15)21/h11,15-17H,1-2,5-10H2,3-4H3/t15-,16-,17+,20-,21-/m0/s1. The highest BCUT2D eigenvalue weighted by Crippen LogP contribution is 2.65. The lowest BCUT2D eigenvalue weighted by molar-refractivity contribution is -0.131. The molecule has 122 valence electrons. The molecule has 5 atom stereocenters. The Labute approximate surface area is 138 Å². The Bertz CT molecular complexity index is 682. The predicted octanol–water partition coefficient (Wildman–Crippen LogP) is 4.42. The highest BCUT2D eigenvalue weighted by Gasteiger charge is 2.60. The molecule has 3 saturated carbocycles. The largest absolute Gasteiger partial charge is 0.299 e. The number of carbonyl (C=O) groups is 2. The molecule has 0 aromatic heterocycles. The molecule has 0 aromatic rings. The summed E-state index contributed by atoms with van der Waals surface area (Å²) in [5.41, 5.74) is 2.56. The maximum absolute atomic E-state index is 12.4. The molecule has 0 amide bonds. The molecule has 0 spiro atoms. The van der Waals surface area contributed by atoms with Crippen LogP contribution in [0.1, 0.15) is 52.4 Å². The Kier molecular flexibility index (Phi) is 2.99. The van der Waals surface area contributed by atoms with Crippen molar-refractivity contribution in [1.82, 2.24) is 0 Å². The molecule has 3 fully saturated rings. The third-order valence-electron chi connectivity index (χ3n) is 7.90. The molecule has 0 saturated heterocycles. The molecule has 0 unspecified atom stereocenters. The lowest BCUT2D eigenvalue weighted by Gasteiger charge is -2.57. The van der Waals surface area contributed by atoms with Crippen molar-refractivity contribution in [3.8, 4) is 0 Å². The van der Waals surface area contributed by atoms with E-state index in [4.69, 9.17) is 0 Å². The first kappa shape index (κ1) is 15.1. The lowest BCUT2D eigenvalue weighted by Crippen LogP contribution is -2.51. The third-order valence-corrected chi connectivity index (χ3v) is 7.90. The van der Waals surface area contributed by atoms with Gasteiger partial charge in [0.05, 0.1) is 0 Å². The highest BCUT2D eigenvalue weighted by molar-refractivity contribution is 6.09. The topological polar surface area (TPSA) is 34.1 Å². The van der Waals surface area contributed by atoms with Crippen LogP contribution in [0.5, 0.6) is 0 Å². The van der Waals surface area contributed by atoms with Crippen LogP contribution in [0.4, 0.5) is 0 Å². The smallest absolute Gasteiger partial charge is 0.185 e. The van der Waals surface area contributed by atoms with E-state index in [-0.39, 0.29) is 16.6 Å². The van der Waals surface area contributed by atoms with Gasteiger partial charge in [-0.2, -0.15) is 0 Å². The molecule has 4 aliphatic carbocycles. The van der Waals surface area contributed by atoms with E-state index in [1.807, 2.05) is 6.08 Å². The van der Waals surface area contributed by atoms with E-state index in [1.54, 1.807) is 0 Å². The Morgan fingerprint density at radius 1 is 1.04 bits per heavy atom. The fourth-order valence-electron chi connectivity index (χ4n) is 6.35. The van der Waals surface area contributed by atoms with Crippen LogP contribution in [0.25, 0.3) is 0 Å². The zero-order chi connectivity index (χ0) is 16.6. The number of fused-ring (bicyclic) bond motifs is 5. The number of allylic oxidation sites excluding steroid dienone is 3. The summed E-state index contributed by atoms with van der Waals surface area (Å²) >= 11 is 0. The predicted molar refractivity (Wildman–Crippen MR) is 90.8 cm³/mol. The van der Waals surface area contributed by atoms with Crippen LogP contribution in [0.3, 0.4) is 0 Å². The number of hydrogen-bond donors (Lipinski definition) is 0. The van der Waals surface area contributed by atoms with Crippen molar-refractivity contribution in [1.29, 1.82) is 0 Å². The average molecular weight is 310 g/mol. The summed E-state index contributed by atoms with van der Waals surface area (Å²) in [7, 11) is 0.